The minimum Gasteiger partial charge on any atom is -0.340 e. The Labute approximate surface area is 142 Å². The van der Waals surface area contributed by atoms with Crippen LogP contribution in [0.15, 0.2) is 12.3 Å². The average molecular weight is 335 g/mol. The van der Waals surface area contributed by atoms with Gasteiger partial charge in [0.15, 0.2) is 0 Å². The second-order valence-corrected chi connectivity index (χ2v) is 8.07. The van der Waals surface area contributed by atoms with Crippen molar-refractivity contribution in [3.63, 3.8) is 0 Å². The van der Waals surface area contributed by atoms with Crippen molar-refractivity contribution < 1.29 is 0 Å². The van der Waals surface area contributed by atoms with E-state index in [2.05, 4.69) is 36.0 Å². The summed E-state index contributed by atoms with van der Waals surface area (Å²) >= 11 is 9.54. The van der Waals surface area contributed by atoms with E-state index in [1.807, 2.05) is 34.9 Å². The highest BCUT2D eigenvalue weighted by molar-refractivity contribution is 7.82. The van der Waals surface area contributed by atoms with E-state index in [0.29, 0.717) is 0 Å². The molecule has 4 N–H and O–H groups in total. The predicted molar refractivity (Wildman–Crippen MR) is 101 cm³/mol. The second kappa shape index (κ2) is 7.59. The molecule has 4 nitrogen and oxygen atoms in total. The lowest BCUT2D eigenvalue weighted by Crippen LogP contribution is -2.70. The third-order valence-corrected chi connectivity index (χ3v) is 5.16. The van der Waals surface area contributed by atoms with Gasteiger partial charge in [-0.2, -0.15) is 25.3 Å². The molecule has 0 radical (unpaired) electrons. The molecule has 1 unspecified atom stereocenters. The molecule has 0 fully saturated rings. The van der Waals surface area contributed by atoms with Crippen LogP contribution in [-0.4, -0.2) is 40.4 Å². The van der Waals surface area contributed by atoms with Crippen LogP contribution < -0.4 is 16.4 Å². The fourth-order valence-electron chi connectivity index (χ4n) is 2.99. The van der Waals surface area contributed by atoms with Crippen molar-refractivity contribution in [3.05, 3.63) is 12.3 Å². The van der Waals surface area contributed by atoms with E-state index in [9.17, 15) is 0 Å². The highest BCUT2D eigenvalue weighted by Gasteiger charge is 2.45. The molecule has 0 spiro atoms. The van der Waals surface area contributed by atoms with Crippen LogP contribution in [0.2, 0.25) is 0 Å². The summed E-state index contributed by atoms with van der Waals surface area (Å²) < 4.78 is 0. The lowest BCUT2D eigenvalue weighted by Gasteiger charge is -2.54. The summed E-state index contributed by atoms with van der Waals surface area (Å²) in [7, 11) is 3.81. The lowest BCUT2D eigenvalue weighted by molar-refractivity contribution is 0.0529. The van der Waals surface area contributed by atoms with Gasteiger partial charge in [0.2, 0.25) is 0 Å². The van der Waals surface area contributed by atoms with E-state index in [4.69, 9.17) is 31.0 Å². The standard InChI is InChI=1S/C15H34N4S2/c1-9-12(17-7)14(6,16)19(13(4,5)20)11(3)15(21,10-2)18-8/h12,17-18,20-21H,3,9-10,16H2,1-2,4-8H3/t12?,14-,15+/m1/s1. The van der Waals surface area contributed by atoms with Crippen LogP contribution in [0.25, 0.3) is 0 Å². The third-order valence-electron chi connectivity index (χ3n) is 4.16. The Morgan fingerprint density at radius 1 is 1.24 bits per heavy atom. The molecule has 0 aromatic heterocycles. The fourth-order valence-corrected chi connectivity index (χ4v) is 3.42. The van der Waals surface area contributed by atoms with Gasteiger partial charge in [-0.05, 0) is 47.7 Å². The molecule has 21 heavy (non-hydrogen) atoms. The second-order valence-electron chi connectivity index (χ2n) is 6.22. The van der Waals surface area contributed by atoms with Crippen LogP contribution >= 0.6 is 25.3 Å². The number of nitrogens with zero attached hydrogens (tertiary/aromatic N) is 1. The van der Waals surface area contributed by atoms with Crippen LogP contribution in [-0.2, 0) is 0 Å². The maximum absolute atomic E-state index is 6.71. The number of nitrogens with two attached hydrogens (primary N) is 1. The summed E-state index contributed by atoms with van der Waals surface area (Å²) in [5.41, 5.74) is 6.89. The molecule has 0 saturated carbocycles. The van der Waals surface area contributed by atoms with E-state index in [1.165, 1.54) is 0 Å². The van der Waals surface area contributed by atoms with Gasteiger partial charge in [-0.3, -0.25) is 0 Å². The van der Waals surface area contributed by atoms with Gasteiger partial charge in [0.1, 0.15) is 10.5 Å². The van der Waals surface area contributed by atoms with Gasteiger partial charge in [0.05, 0.1) is 4.87 Å². The van der Waals surface area contributed by atoms with Crippen molar-refractivity contribution in [2.24, 2.45) is 5.73 Å². The number of thiol groups is 2. The predicted octanol–water partition coefficient (Wildman–Crippen LogP) is 2.40. The van der Waals surface area contributed by atoms with Gasteiger partial charge in [-0.15, -0.1) is 0 Å². The largest absolute Gasteiger partial charge is 0.340 e. The third kappa shape index (κ3) is 4.55. The van der Waals surface area contributed by atoms with E-state index in [0.717, 1.165) is 18.5 Å². The number of hydrogen-bond acceptors (Lipinski definition) is 6. The Hall–Kier alpha value is 0.120. The van der Waals surface area contributed by atoms with Crippen molar-refractivity contribution in [1.82, 2.24) is 15.5 Å². The summed E-state index contributed by atoms with van der Waals surface area (Å²) in [4.78, 5) is 1.08. The van der Waals surface area contributed by atoms with Crippen LogP contribution in [0.4, 0.5) is 0 Å². The topological polar surface area (TPSA) is 53.3 Å². The fraction of sp³-hybridized carbons (Fsp3) is 0.867. The first-order valence-electron chi connectivity index (χ1n) is 7.51. The molecule has 0 aromatic carbocycles. The molecule has 0 aliphatic rings. The Bertz CT molecular complexity index is 342. The highest BCUT2D eigenvalue weighted by atomic mass is 32.1. The van der Waals surface area contributed by atoms with Gasteiger partial charge >= 0.3 is 0 Å². The molecule has 0 bridgehead atoms. The van der Waals surface area contributed by atoms with E-state index < -0.39 is 15.4 Å². The van der Waals surface area contributed by atoms with Gasteiger partial charge in [0, 0.05) is 11.7 Å². The summed E-state index contributed by atoms with van der Waals surface area (Å²) in [5, 5.41) is 6.54. The SMILES string of the molecule is C=C(N(C(C)(C)S)[C@@](C)(N)C(CC)NC)[C@@](S)(CC)NC. The van der Waals surface area contributed by atoms with Crippen molar-refractivity contribution >= 4 is 25.3 Å². The van der Waals surface area contributed by atoms with Crippen molar-refractivity contribution in [1.29, 1.82) is 0 Å². The van der Waals surface area contributed by atoms with Crippen molar-refractivity contribution in [2.45, 2.75) is 68.9 Å². The first kappa shape index (κ1) is 21.1. The normalized spacial score (nSPS) is 19.5. The highest BCUT2D eigenvalue weighted by Crippen LogP contribution is 2.38. The maximum atomic E-state index is 6.71. The summed E-state index contributed by atoms with van der Waals surface area (Å²) in [6.07, 6.45) is 1.70. The van der Waals surface area contributed by atoms with Crippen LogP contribution in [0, 0.1) is 0 Å². The summed E-state index contributed by atoms with van der Waals surface area (Å²) in [6.45, 7) is 14.5. The molecule has 0 aliphatic heterocycles. The molecular formula is C15H34N4S2. The van der Waals surface area contributed by atoms with Gasteiger partial charge in [0.25, 0.3) is 0 Å². The number of likely N-dealkylation sites (N-methyl/N-ethyl adjacent to an activating group) is 2. The average Bonchev–Trinajstić information content (AvgIpc) is 2.36. The minimum absolute atomic E-state index is 0.104. The van der Waals surface area contributed by atoms with E-state index >= 15 is 0 Å². The molecule has 0 saturated heterocycles. The molecule has 0 aliphatic carbocycles. The van der Waals surface area contributed by atoms with Crippen molar-refractivity contribution in [3.8, 4) is 0 Å². The van der Waals surface area contributed by atoms with E-state index in [1.54, 1.807) is 0 Å². The zero-order valence-electron chi connectivity index (χ0n) is 14.6. The van der Waals surface area contributed by atoms with Gasteiger partial charge < -0.3 is 21.3 Å². The van der Waals surface area contributed by atoms with Crippen LogP contribution in [0.5, 0.6) is 0 Å². The minimum atomic E-state index is -0.647. The molecule has 0 heterocycles. The van der Waals surface area contributed by atoms with Crippen LogP contribution in [0.1, 0.15) is 47.5 Å². The number of rotatable bonds is 9. The summed E-state index contributed by atoms with van der Waals surface area (Å²) in [5.74, 6) is 0. The van der Waals surface area contributed by atoms with Crippen LogP contribution in [0.3, 0.4) is 0 Å². The molecular weight excluding hydrogens is 300 g/mol. The van der Waals surface area contributed by atoms with Gasteiger partial charge in [-0.1, -0.05) is 20.4 Å². The zero-order valence-corrected chi connectivity index (χ0v) is 16.4. The molecule has 0 amide bonds. The molecule has 0 aromatic rings. The number of hydrogen-bond donors (Lipinski definition) is 5. The monoisotopic (exact) mass is 334 g/mol. The van der Waals surface area contributed by atoms with E-state index in [-0.39, 0.29) is 6.04 Å². The maximum Gasteiger partial charge on any atom is 0.102 e. The lowest BCUT2D eigenvalue weighted by atomic mass is 9.94. The quantitative estimate of drug-likeness (QED) is 0.332. The smallest absolute Gasteiger partial charge is 0.102 e. The van der Waals surface area contributed by atoms with Gasteiger partial charge in [-0.25, -0.2) is 0 Å². The zero-order chi connectivity index (χ0) is 17.1. The Morgan fingerprint density at radius 3 is 1.95 bits per heavy atom. The molecule has 6 heteroatoms. The molecule has 3 atom stereocenters. The Balaban J connectivity index is 5.88. The molecule has 0 rings (SSSR count). The number of nitrogens with one attached hydrogen (secondary N) is 2. The first-order chi connectivity index (χ1) is 9.42. The Morgan fingerprint density at radius 2 is 1.71 bits per heavy atom. The summed E-state index contributed by atoms with van der Waals surface area (Å²) in [6, 6.07) is 0.104. The first-order valence-corrected chi connectivity index (χ1v) is 8.41. The molecule has 126 valence electrons. The Kier molecular flexibility index (Phi) is 7.64. The van der Waals surface area contributed by atoms with Crippen molar-refractivity contribution in [2.75, 3.05) is 14.1 Å².